The maximum absolute atomic E-state index is 5.44. The third kappa shape index (κ3) is 7.62. The van der Waals surface area contributed by atoms with E-state index < -0.39 is 0 Å². The lowest BCUT2D eigenvalue weighted by atomic mass is 9.97. The van der Waals surface area contributed by atoms with Crippen molar-refractivity contribution < 1.29 is 4.42 Å². The van der Waals surface area contributed by atoms with Crippen LogP contribution in [-0.2, 0) is 0 Å². The monoisotopic (exact) mass is 542 g/mol. The third-order valence-electron chi connectivity index (χ3n) is 7.03. The van der Waals surface area contributed by atoms with Crippen LogP contribution in [0.4, 0.5) is 0 Å². The molecule has 40 heavy (non-hydrogen) atoms. The number of hydrogen-bond donors (Lipinski definition) is 1. The van der Waals surface area contributed by atoms with Crippen LogP contribution in [0.2, 0.25) is 0 Å². The van der Waals surface area contributed by atoms with Gasteiger partial charge in [0.05, 0.1) is 11.7 Å². The predicted octanol–water partition coefficient (Wildman–Crippen LogP) is 7.83. The molecular formula is C33H46N6O. The van der Waals surface area contributed by atoms with Crippen molar-refractivity contribution in [2.45, 2.75) is 73.8 Å². The Morgan fingerprint density at radius 1 is 1.07 bits per heavy atom. The van der Waals surface area contributed by atoms with Gasteiger partial charge in [0.1, 0.15) is 23.5 Å². The van der Waals surface area contributed by atoms with Crippen LogP contribution < -0.4 is 5.32 Å². The lowest BCUT2D eigenvalue weighted by Gasteiger charge is -2.37. The minimum atomic E-state index is 0.353. The Kier molecular flexibility index (Phi) is 11.1. The van der Waals surface area contributed by atoms with Gasteiger partial charge in [0, 0.05) is 42.4 Å². The number of benzene rings is 1. The van der Waals surface area contributed by atoms with E-state index in [1.54, 1.807) is 12.5 Å². The molecule has 3 aromatic heterocycles. The Morgan fingerprint density at radius 3 is 2.35 bits per heavy atom. The lowest BCUT2D eigenvalue weighted by Crippen LogP contribution is -2.40. The second-order valence-corrected chi connectivity index (χ2v) is 10.3. The summed E-state index contributed by atoms with van der Waals surface area (Å²) in [7, 11) is 0. The van der Waals surface area contributed by atoms with Gasteiger partial charge in [-0.1, -0.05) is 70.7 Å². The molecule has 0 bridgehead atoms. The molecule has 5 rings (SSSR count). The largest absolute Gasteiger partial charge is 0.432 e. The van der Waals surface area contributed by atoms with Gasteiger partial charge in [-0.2, -0.15) is 4.98 Å². The van der Waals surface area contributed by atoms with E-state index in [0.29, 0.717) is 11.9 Å². The van der Waals surface area contributed by atoms with Crippen molar-refractivity contribution in [2.75, 3.05) is 13.1 Å². The van der Waals surface area contributed by atoms with Gasteiger partial charge in [-0.15, -0.1) is 0 Å². The van der Waals surface area contributed by atoms with Gasteiger partial charge in [0.2, 0.25) is 0 Å². The summed E-state index contributed by atoms with van der Waals surface area (Å²) in [5, 5.41) is 3.40. The number of nitrogens with zero attached hydrogens (tertiary/aromatic N) is 5. The fourth-order valence-corrected chi connectivity index (χ4v) is 4.77. The molecule has 0 saturated carbocycles. The Morgan fingerprint density at radius 2 is 1.75 bits per heavy atom. The van der Waals surface area contributed by atoms with Crippen LogP contribution in [0.1, 0.15) is 65.3 Å². The van der Waals surface area contributed by atoms with Crippen LogP contribution in [0.25, 0.3) is 28.5 Å². The molecule has 0 aliphatic carbocycles. The van der Waals surface area contributed by atoms with E-state index in [2.05, 4.69) is 83.4 Å². The molecule has 0 radical (unpaired) electrons. The second kappa shape index (κ2) is 14.5. The average Bonchev–Trinajstić information content (AvgIpc) is 3.55. The number of nitrogens with one attached hydrogen (secondary N) is 1. The normalized spacial score (nSPS) is 14.0. The van der Waals surface area contributed by atoms with E-state index in [9.17, 15) is 0 Å². The van der Waals surface area contributed by atoms with Crippen LogP contribution in [-0.4, -0.2) is 43.4 Å². The highest BCUT2D eigenvalue weighted by molar-refractivity contribution is 5.79. The SMILES string of the molecule is C=C(C)NC(CC)C(=C)N1CCC(C)CC1.CC.Cc1ccc(-c2nc3occn3c2-c2ccnc(C)n2)cc1. The molecular weight excluding hydrogens is 496 g/mol. The van der Waals surface area contributed by atoms with Gasteiger partial charge in [-0.3, -0.25) is 4.40 Å². The first kappa shape index (κ1) is 30.7. The zero-order valence-electron chi connectivity index (χ0n) is 25.4. The van der Waals surface area contributed by atoms with E-state index in [4.69, 9.17) is 4.42 Å². The number of fused-ring (bicyclic) bond motifs is 1. The maximum Gasteiger partial charge on any atom is 0.306 e. The molecule has 1 N–H and O–H groups in total. The van der Waals surface area contributed by atoms with Crippen molar-refractivity contribution in [3.05, 3.63) is 84.9 Å². The van der Waals surface area contributed by atoms with Crippen molar-refractivity contribution in [1.29, 1.82) is 0 Å². The number of aryl methyl sites for hydroxylation is 2. The third-order valence-corrected chi connectivity index (χ3v) is 7.03. The number of likely N-dealkylation sites (tertiary alicyclic amines) is 1. The molecule has 7 heteroatoms. The second-order valence-electron chi connectivity index (χ2n) is 10.3. The lowest BCUT2D eigenvalue weighted by molar-refractivity contribution is 0.222. The number of piperidine rings is 1. The number of allylic oxidation sites excluding steroid dienone is 1. The number of oxazole rings is 1. The molecule has 1 saturated heterocycles. The fraction of sp³-hybridized carbons (Fsp3) is 0.424. The molecule has 1 fully saturated rings. The quantitative estimate of drug-likeness (QED) is 0.257. The fourth-order valence-electron chi connectivity index (χ4n) is 4.77. The number of hydrogen-bond acceptors (Lipinski definition) is 6. The zero-order chi connectivity index (χ0) is 29.2. The number of aromatic nitrogens is 4. The van der Waals surface area contributed by atoms with E-state index in [1.165, 1.54) is 24.1 Å². The van der Waals surface area contributed by atoms with Crippen molar-refractivity contribution in [1.82, 2.24) is 29.6 Å². The van der Waals surface area contributed by atoms with Gasteiger partial charge in [0.25, 0.3) is 0 Å². The molecule has 214 valence electrons. The average molecular weight is 543 g/mol. The first-order valence-corrected chi connectivity index (χ1v) is 14.4. The first-order chi connectivity index (χ1) is 19.3. The van der Waals surface area contributed by atoms with E-state index in [1.807, 2.05) is 44.4 Å². The number of rotatable bonds is 7. The van der Waals surface area contributed by atoms with E-state index in [-0.39, 0.29) is 0 Å². The van der Waals surface area contributed by atoms with Gasteiger partial charge < -0.3 is 14.6 Å². The molecule has 1 aliphatic rings. The topological polar surface area (TPSA) is 71.5 Å². The highest BCUT2D eigenvalue weighted by Crippen LogP contribution is 2.32. The van der Waals surface area contributed by atoms with Crippen molar-refractivity contribution in [3.8, 4) is 22.6 Å². The Labute approximate surface area is 240 Å². The first-order valence-electron chi connectivity index (χ1n) is 14.4. The van der Waals surface area contributed by atoms with Crippen LogP contribution in [0.15, 0.2) is 78.0 Å². The molecule has 1 aliphatic heterocycles. The standard InChI is InChI=1S/C17H14N4O.C14H26N2.C2H6/c1-11-3-5-13(6-4-11)15-16(14-7-8-18-12(2)19-14)21-9-10-22-17(21)20-15;1-6-14(15-11(2)3)13(5)16-9-7-12(4)8-10-16;1-2/h3-10H,1-2H3;12,14-15H,2,5-10H2,1,3-4H3;1-2H3. The maximum atomic E-state index is 5.44. The highest BCUT2D eigenvalue weighted by Gasteiger charge is 2.21. The summed E-state index contributed by atoms with van der Waals surface area (Å²) in [5.74, 6) is 2.16. The predicted molar refractivity (Wildman–Crippen MR) is 166 cm³/mol. The Bertz CT molecular complexity index is 1380. The Balaban J connectivity index is 0.000000219. The van der Waals surface area contributed by atoms with Gasteiger partial charge in [0.15, 0.2) is 0 Å². The summed E-state index contributed by atoms with van der Waals surface area (Å²) in [6.07, 6.45) is 8.89. The summed E-state index contributed by atoms with van der Waals surface area (Å²) in [6.45, 7) is 25.0. The van der Waals surface area contributed by atoms with Gasteiger partial charge in [-0.05, 0) is 52.0 Å². The highest BCUT2D eigenvalue weighted by atomic mass is 16.3. The van der Waals surface area contributed by atoms with Crippen LogP contribution >= 0.6 is 0 Å². The minimum absolute atomic E-state index is 0.353. The van der Waals surface area contributed by atoms with Crippen molar-refractivity contribution in [2.24, 2.45) is 5.92 Å². The minimum Gasteiger partial charge on any atom is -0.432 e. The van der Waals surface area contributed by atoms with Gasteiger partial charge >= 0.3 is 5.84 Å². The summed E-state index contributed by atoms with van der Waals surface area (Å²) < 4.78 is 7.36. The summed E-state index contributed by atoms with van der Waals surface area (Å²) in [6, 6.07) is 10.5. The molecule has 1 atom stereocenters. The van der Waals surface area contributed by atoms with E-state index >= 15 is 0 Å². The molecule has 1 aromatic carbocycles. The van der Waals surface area contributed by atoms with Crippen molar-refractivity contribution >= 4 is 5.84 Å². The van der Waals surface area contributed by atoms with E-state index in [0.717, 1.165) is 59.6 Å². The molecule has 1 unspecified atom stereocenters. The molecule has 0 spiro atoms. The van der Waals surface area contributed by atoms with Crippen LogP contribution in [0, 0.1) is 19.8 Å². The summed E-state index contributed by atoms with van der Waals surface area (Å²) in [4.78, 5) is 15.8. The van der Waals surface area contributed by atoms with Gasteiger partial charge in [-0.25, -0.2) is 9.97 Å². The molecule has 7 nitrogen and oxygen atoms in total. The zero-order valence-corrected chi connectivity index (χ0v) is 25.4. The molecule has 4 aromatic rings. The van der Waals surface area contributed by atoms with Crippen LogP contribution in [0.5, 0.6) is 0 Å². The summed E-state index contributed by atoms with van der Waals surface area (Å²) in [5.41, 5.74) is 7.12. The number of imidazole rings is 1. The molecule has 0 amide bonds. The molecule has 4 heterocycles. The Hall–Kier alpha value is -3.87. The summed E-state index contributed by atoms with van der Waals surface area (Å²) >= 11 is 0. The van der Waals surface area contributed by atoms with Crippen LogP contribution in [0.3, 0.4) is 0 Å². The van der Waals surface area contributed by atoms with Crippen molar-refractivity contribution in [3.63, 3.8) is 0 Å². The smallest absolute Gasteiger partial charge is 0.306 e.